The van der Waals surface area contributed by atoms with Gasteiger partial charge in [0, 0.05) is 19.7 Å². The van der Waals surface area contributed by atoms with Crippen LogP contribution < -0.4 is 5.32 Å². The normalized spacial score (nSPS) is 15.1. The maximum absolute atomic E-state index is 12.8. The lowest BCUT2D eigenvalue weighted by atomic mass is 9.88. The third-order valence-corrected chi connectivity index (χ3v) is 7.17. The number of amides is 1. The molecule has 0 aromatic heterocycles. The zero-order chi connectivity index (χ0) is 20.3. The van der Waals surface area contributed by atoms with E-state index in [-0.39, 0.29) is 16.8 Å². The number of nitrogens with zero attached hydrogens (tertiary/aromatic N) is 1. The van der Waals surface area contributed by atoms with Gasteiger partial charge in [-0.2, -0.15) is 0 Å². The van der Waals surface area contributed by atoms with Gasteiger partial charge in [0.15, 0.2) is 0 Å². The lowest BCUT2D eigenvalue weighted by molar-refractivity contribution is 0.0935. The number of sulfonamides is 1. The highest BCUT2D eigenvalue weighted by atomic mass is 32.2. The number of rotatable bonds is 6. The molecule has 1 N–H and O–H groups in total. The van der Waals surface area contributed by atoms with E-state index in [9.17, 15) is 13.2 Å². The van der Waals surface area contributed by atoms with Crippen LogP contribution in [0.1, 0.15) is 59.3 Å². The molecule has 150 valence electrons. The van der Waals surface area contributed by atoms with Crippen LogP contribution in [-0.2, 0) is 22.9 Å². The summed E-state index contributed by atoms with van der Waals surface area (Å²) < 4.78 is 25.8. The zero-order valence-electron chi connectivity index (χ0n) is 16.7. The summed E-state index contributed by atoms with van der Waals surface area (Å²) in [5.74, 6) is -0.264. The molecule has 1 aliphatic rings. The minimum absolute atomic E-state index is 0.103. The second-order valence-electron chi connectivity index (χ2n) is 7.48. The van der Waals surface area contributed by atoms with Crippen molar-refractivity contribution in [3.8, 4) is 0 Å². The van der Waals surface area contributed by atoms with Crippen molar-refractivity contribution in [1.29, 1.82) is 0 Å². The monoisotopic (exact) mass is 400 g/mol. The molecule has 1 unspecified atom stereocenters. The number of hydrogen-bond acceptors (Lipinski definition) is 3. The van der Waals surface area contributed by atoms with E-state index >= 15 is 0 Å². The summed E-state index contributed by atoms with van der Waals surface area (Å²) in [6, 6.07) is 12.6. The van der Waals surface area contributed by atoms with Crippen LogP contribution in [0.4, 0.5) is 0 Å². The molecule has 0 radical (unpaired) electrons. The predicted molar refractivity (Wildman–Crippen MR) is 111 cm³/mol. The standard InChI is InChI=1S/C22H28N2O3S/c1-4-21(18-13-12-16-8-5-6-9-17(16)14-18)23-22(25)19-10-7-11-20(15-19)28(26,27)24(2)3/h7,10-15,21H,4-6,8-9H2,1-3H3,(H,23,25). The Kier molecular flexibility index (Phi) is 6.20. The molecule has 0 bridgehead atoms. The Labute approximate surface area is 167 Å². The number of aryl methyl sites for hydroxylation is 2. The fourth-order valence-corrected chi connectivity index (χ4v) is 4.59. The summed E-state index contributed by atoms with van der Waals surface area (Å²) in [4.78, 5) is 12.9. The first-order chi connectivity index (χ1) is 13.3. The van der Waals surface area contributed by atoms with E-state index in [2.05, 4.69) is 23.5 Å². The molecule has 1 aliphatic carbocycles. The number of carbonyl (C=O) groups is 1. The maximum Gasteiger partial charge on any atom is 0.251 e. The van der Waals surface area contributed by atoms with Crippen LogP contribution in [0.5, 0.6) is 0 Å². The number of carbonyl (C=O) groups excluding carboxylic acids is 1. The molecule has 0 aliphatic heterocycles. The van der Waals surface area contributed by atoms with Gasteiger partial charge in [0.1, 0.15) is 0 Å². The Morgan fingerprint density at radius 3 is 2.46 bits per heavy atom. The topological polar surface area (TPSA) is 66.5 Å². The number of nitrogens with one attached hydrogen (secondary N) is 1. The van der Waals surface area contributed by atoms with E-state index in [0.29, 0.717) is 5.56 Å². The van der Waals surface area contributed by atoms with Crippen LogP contribution in [0, 0.1) is 0 Å². The first kappa shape index (κ1) is 20.6. The van der Waals surface area contributed by atoms with Gasteiger partial charge in [-0.15, -0.1) is 0 Å². The van der Waals surface area contributed by atoms with E-state index < -0.39 is 10.0 Å². The van der Waals surface area contributed by atoms with E-state index in [0.717, 1.165) is 29.1 Å². The van der Waals surface area contributed by atoms with Crippen LogP contribution in [0.15, 0.2) is 47.4 Å². The Morgan fingerprint density at radius 1 is 1.07 bits per heavy atom. The molecule has 0 saturated heterocycles. The average molecular weight is 401 g/mol. The van der Waals surface area contributed by atoms with Gasteiger partial charge in [-0.1, -0.05) is 31.2 Å². The van der Waals surface area contributed by atoms with Gasteiger partial charge in [-0.25, -0.2) is 12.7 Å². The van der Waals surface area contributed by atoms with Crippen molar-refractivity contribution in [2.24, 2.45) is 0 Å². The first-order valence-electron chi connectivity index (χ1n) is 9.78. The highest BCUT2D eigenvalue weighted by Crippen LogP contribution is 2.26. The summed E-state index contributed by atoms with van der Waals surface area (Å²) in [6.45, 7) is 2.04. The van der Waals surface area contributed by atoms with Gasteiger partial charge in [0.25, 0.3) is 5.91 Å². The molecule has 2 aromatic carbocycles. The van der Waals surface area contributed by atoms with Crippen LogP contribution in [0.2, 0.25) is 0 Å². The second-order valence-corrected chi connectivity index (χ2v) is 9.64. The van der Waals surface area contributed by atoms with Gasteiger partial charge in [-0.3, -0.25) is 4.79 Å². The molecule has 28 heavy (non-hydrogen) atoms. The fourth-order valence-electron chi connectivity index (χ4n) is 3.64. The molecule has 0 heterocycles. The average Bonchev–Trinajstić information content (AvgIpc) is 2.71. The third-order valence-electron chi connectivity index (χ3n) is 5.36. The number of fused-ring (bicyclic) bond motifs is 1. The van der Waals surface area contributed by atoms with E-state index in [1.54, 1.807) is 12.1 Å². The van der Waals surface area contributed by atoms with Crippen LogP contribution in [0.25, 0.3) is 0 Å². The van der Waals surface area contributed by atoms with E-state index in [1.807, 2.05) is 6.92 Å². The summed E-state index contributed by atoms with van der Waals surface area (Å²) in [6.07, 6.45) is 5.45. The quantitative estimate of drug-likeness (QED) is 0.804. The SMILES string of the molecule is CCC(NC(=O)c1cccc(S(=O)(=O)N(C)C)c1)c1ccc2c(c1)CCCC2. The third kappa shape index (κ3) is 4.28. The zero-order valence-corrected chi connectivity index (χ0v) is 17.6. The fraction of sp³-hybridized carbons (Fsp3) is 0.409. The van der Waals surface area contributed by atoms with Crippen molar-refractivity contribution in [1.82, 2.24) is 9.62 Å². The molecule has 0 spiro atoms. The summed E-state index contributed by atoms with van der Waals surface area (Å²) in [5, 5.41) is 3.07. The first-order valence-corrected chi connectivity index (χ1v) is 11.2. The Bertz CT molecular complexity index is 967. The second kappa shape index (κ2) is 8.45. The summed E-state index contributed by atoms with van der Waals surface area (Å²) in [7, 11) is -0.621. The molecule has 1 amide bonds. The number of hydrogen-bond donors (Lipinski definition) is 1. The van der Waals surface area contributed by atoms with E-state index in [1.165, 1.54) is 50.2 Å². The van der Waals surface area contributed by atoms with Crippen LogP contribution in [-0.4, -0.2) is 32.7 Å². The lowest BCUT2D eigenvalue weighted by Crippen LogP contribution is -2.29. The minimum atomic E-state index is -3.58. The van der Waals surface area contributed by atoms with E-state index in [4.69, 9.17) is 0 Å². The molecule has 6 heteroatoms. The molecule has 5 nitrogen and oxygen atoms in total. The Balaban J connectivity index is 1.81. The molecule has 3 rings (SSSR count). The molecule has 2 aromatic rings. The Hall–Kier alpha value is -2.18. The number of benzene rings is 2. The van der Waals surface area contributed by atoms with Gasteiger partial charge in [0.05, 0.1) is 10.9 Å². The van der Waals surface area contributed by atoms with Crippen molar-refractivity contribution in [3.63, 3.8) is 0 Å². The van der Waals surface area contributed by atoms with Gasteiger partial charge < -0.3 is 5.32 Å². The van der Waals surface area contributed by atoms with Crippen molar-refractivity contribution in [3.05, 3.63) is 64.7 Å². The summed E-state index contributed by atoms with van der Waals surface area (Å²) in [5.41, 5.74) is 4.25. The van der Waals surface area contributed by atoms with Crippen molar-refractivity contribution >= 4 is 15.9 Å². The molecular formula is C22H28N2O3S. The summed E-state index contributed by atoms with van der Waals surface area (Å²) >= 11 is 0. The molecular weight excluding hydrogens is 372 g/mol. The van der Waals surface area contributed by atoms with Crippen LogP contribution >= 0.6 is 0 Å². The Morgan fingerprint density at radius 2 is 1.79 bits per heavy atom. The predicted octanol–water partition coefficient (Wildman–Crippen LogP) is 3.70. The molecule has 1 atom stereocenters. The highest BCUT2D eigenvalue weighted by Gasteiger charge is 2.21. The van der Waals surface area contributed by atoms with Crippen molar-refractivity contribution < 1.29 is 13.2 Å². The van der Waals surface area contributed by atoms with Gasteiger partial charge >= 0.3 is 0 Å². The highest BCUT2D eigenvalue weighted by molar-refractivity contribution is 7.89. The van der Waals surface area contributed by atoms with Crippen molar-refractivity contribution in [2.45, 2.75) is 50.0 Å². The van der Waals surface area contributed by atoms with Gasteiger partial charge in [-0.05, 0) is 67.0 Å². The smallest absolute Gasteiger partial charge is 0.251 e. The molecule has 0 fully saturated rings. The lowest BCUT2D eigenvalue weighted by Gasteiger charge is -2.22. The van der Waals surface area contributed by atoms with Gasteiger partial charge in [0.2, 0.25) is 10.0 Å². The largest absolute Gasteiger partial charge is 0.345 e. The molecule has 0 saturated carbocycles. The van der Waals surface area contributed by atoms with Crippen LogP contribution in [0.3, 0.4) is 0 Å². The van der Waals surface area contributed by atoms with Crippen molar-refractivity contribution in [2.75, 3.05) is 14.1 Å². The maximum atomic E-state index is 12.8. The minimum Gasteiger partial charge on any atom is -0.345 e.